The highest BCUT2D eigenvalue weighted by Crippen LogP contribution is 2.29. The van der Waals surface area contributed by atoms with Crippen molar-refractivity contribution in [2.24, 2.45) is 0 Å². The lowest BCUT2D eigenvalue weighted by Crippen LogP contribution is -2.28. The zero-order chi connectivity index (χ0) is 13.4. The van der Waals surface area contributed by atoms with Gasteiger partial charge in [-0.25, -0.2) is 0 Å². The van der Waals surface area contributed by atoms with Crippen molar-refractivity contribution >= 4 is 10.3 Å². The maximum Gasteiger partial charge on any atom is 0.416 e. The minimum Gasteiger partial charge on any atom is -0.256 e. The van der Waals surface area contributed by atoms with Crippen molar-refractivity contribution in [1.29, 1.82) is 0 Å². The molecule has 1 N–H and O–H groups in total. The van der Waals surface area contributed by atoms with Gasteiger partial charge >= 0.3 is 16.5 Å². The Bertz CT molecular complexity index is 524. The van der Waals surface area contributed by atoms with E-state index in [4.69, 9.17) is 0 Å². The van der Waals surface area contributed by atoms with E-state index in [0.29, 0.717) is 5.56 Å². The first-order valence-electron chi connectivity index (χ1n) is 5.09. The molecule has 0 unspecified atom stereocenters. The SMILES string of the molecule is O=S1(=O)N[C@@H](Cc2ccc(C(F)(F)F)cc2)CO1. The predicted octanol–water partition coefficient (Wildman–Crippen LogP) is 1.48. The zero-order valence-electron chi connectivity index (χ0n) is 9.07. The Morgan fingerprint density at radius 3 is 2.33 bits per heavy atom. The van der Waals surface area contributed by atoms with Crippen molar-refractivity contribution < 1.29 is 25.8 Å². The highest BCUT2D eigenvalue weighted by Gasteiger charge is 2.31. The van der Waals surface area contributed by atoms with Crippen LogP contribution in [0.4, 0.5) is 13.2 Å². The molecule has 4 nitrogen and oxygen atoms in total. The molecule has 0 radical (unpaired) electrons. The predicted molar refractivity (Wildman–Crippen MR) is 56.9 cm³/mol. The zero-order valence-corrected chi connectivity index (χ0v) is 9.88. The van der Waals surface area contributed by atoms with Gasteiger partial charge in [-0.15, -0.1) is 0 Å². The summed E-state index contributed by atoms with van der Waals surface area (Å²) in [4.78, 5) is 0. The maximum absolute atomic E-state index is 12.3. The standard InChI is InChI=1S/C10H10F3NO3S/c11-10(12,13)8-3-1-7(2-4-8)5-9-6-17-18(15,16)14-9/h1-4,9,14H,5-6H2/t9-/m0/s1. The van der Waals surface area contributed by atoms with Crippen LogP contribution in [0.2, 0.25) is 0 Å². The average molecular weight is 281 g/mol. The Balaban J connectivity index is 2.04. The Hall–Kier alpha value is -1.12. The van der Waals surface area contributed by atoms with Crippen molar-refractivity contribution in [3.05, 3.63) is 35.4 Å². The quantitative estimate of drug-likeness (QED) is 0.893. The van der Waals surface area contributed by atoms with Crippen LogP contribution in [-0.2, 0) is 27.1 Å². The first-order chi connectivity index (χ1) is 8.26. The van der Waals surface area contributed by atoms with Crippen LogP contribution in [0, 0.1) is 0 Å². The Kier molecular flexibility index (Phi) is 3.35. The number of benzene rings is 1. The number of alkyl halides is 3. The second-order valence-electron chi connectivity index (χ2n) is 3.95. The van der Waals surface area contributed by atoms with Gasteiger partial charge in [0.2, 0.25) is 0 Å². The van der Waals surface area contributed by atoms with E-state index in [1.807, 2.05) is 0 Å². The summed E-state index contributed by atoms with van der Waals surface area (Å²) in [6, 6.07) is 4.16. The summed E-state index contributed by atoms with van der Waals surface area (Å²) in [5.41, 5.74) is -0.115. The normalized spacial score (nSPS) is 23.2. The fraction of sp³-hybridized carbons (Fsp3) is 0.400. The second-order valence-corrected chi connectivity index (χ2v) is 5.33. The van der Waals surface area contributed by atoms with Gasteiger partial charge in [0.25, 0.3) is 0 Å². The van der Waals surface area contributed by atoms with Gasteiger partial charge in [-0.2, -0.15) is 26.3 Å². The van der Waals surface area contributed by atoms with Crippen LogP contribution in [0.3, 0.4) is 0 Å². The minimum absolute atomic E-state index is 0.0106. The van der Waals surface area contributed by atoms with Crippen LogP contribution >= 0.6 is 0 Å². The molecular formula is C10H10F3NO3S. The van der Waals surface area contributed by atoms with E-state index in [2.05, 4.69) is 8.91 Å². The number of hydrogen-bond donors (Lipinski definition) is 1. The summed E-state index contributed by atoms with van der Waals surface area (Å²) >= 11 is 0. The van der Waals surface area contributed by atoms with Gasteiger partial charge < -0.3 is 0 Å². The molecule has 2 rings (SSSR count). The molecule has 1 heterocycles. The van der Waals surface area contributed by atoms with Gasteiger partial charge in [-0.3, -0.25) is 4.18 Å². The summed E-state index contributed by atoms with van der Waals surface area (Å²) < 4.78 is 65.5. The number of halogens is 3. The molecule has 1 aliphatic heterocycles. The van der Waals surface area contributed by atoms with E-state index in [1.165, 1.54) is 12.1 Å². The Morgan fingerprint density at radius 1 is 1.28 bits per heavy atom. The van der Waals surface area contributed by atoms with E-state index in [-0.39, 0.29) is 13.0 Å². The fourth-order valence-electron chi connectivity index (χ4n) is 1.66. The molecule has 0 saturated carbocycles. The first kappa shape index (κ1) is 13.3. The largest absolute Gasteiger partial charge is 0.416 e. The molecule has 0 spiro atoms. The number of rotatable bonds is 2. The molecule has 0 amide bonds. The third-order valence-electron chi connectivity index (χ3n) is 2.50. The van der Waals surface area contributed by atoms with Crippen molar-refractivity contribution in [1.82, 2.24) is 4.72 Å². The molecule has 8 heteroatoms. The van der Waals surface area contributed by atoms with Gasteiger partial charge in [-0.05, 0) is 24.1 Å². The molecule has 1 aliphatic rings. The van der Waals surface area contributed by atoms with Gasteiger partial charge in [0.15, 0.2) is 0 Å². The van der Waals surface area contributed by atoms with Crippen LogP contribution in [0.15, 0.2) is 24.3 Å². The second kappa shape index (κ2) is 4.52. The van der Waals surface area contributed by atoms with E-state index in [1.54, 1.807) is 0 Å². The molecule has 1 aromatic rings. The molecule has 1 aromatic carbocycles. The van der Waals surface area contributed by atoms with Gasteiger partial charge in [0, 0.05) is 0 Å². The summed E-state index contributed by atoms with van der Waals surface area (Å²) in [5, 5.41) is 0. The van der Waals surface area contributed by atoms with Crippen molar-refractivity contribution in [3.63, 3.8) is 0 Å². The molecule has 18 heavy (non-hydrogen) atoms. The highest BCUT2D eigenvalue weighted by molar-refractivity contribution is 7.85. The minimum atomic E-state index is -4.36. The number of nitrogens with one attached hydrogen (secondary N) is 1. The molecular weight excluding hydrogens is 271 g/mol. The molecule has 1 atom stereocenters. The van der Waals surface area contributed by atoms with Crippen LogP contribution in [-0.4, -0.2) is 21.1 Å². The van der Waals surface area contributed by atoms with Crippen LogP contribution in [0.5, 0.6) is 0 Å². The van der Waals surface area contributed by atoms with E-state index in [9.17, 15) is 21.6 Å². The van der Waals surface area contributed by atoms with Crippen LogP contribution in [0.25, 0.3) is 0 Å². The smallest absolute Gasteiger partial charge is 0.256 e. The molecule has 1 saturated heterocycles. The Morgan fingerprint density at radius 2 is 1.89 bits per heavy atom. The summed E-state index contributed by atoms with van der Waals surface area (Å²) in [7, 11) is -3.68. The lowest BCUT2D eigenvalue weighted by Gasteiger charge is -2.09. The average Bonchev–Trinajstić information content (AvgIpc) is 2.57. The van der Waals surface area contributed by atoms with Gasteiger partial charge in [0.1, 0.15) is 0 Å². The van der Waals surface area contributed by atoms with Crippen LogP contribution in [0.1, 0.15) is 11.1 Å². The van der Waals surface area contributed by atoms with Crippen molar-refractivity contribution in [3.8, 4) is 0 Å². The molecule has 0 aliphatic carbocycles. The highest BCUT2D eigenvalue weighted by atomic mass is 32.2. The van der Waals surface area contributed by atoms with E-state index >= 15 is 0 Å². The molecule has 0 bridgehead atoms. The lowest BCUT2D eigenvalue weighted by molar-refractivity contribution is -0.137. The van der Waals surface area contributed by atoms with Crippen LogP contribution < -0.4 is 4.72 Å². The van der Waals surface area contributed by atoms with Crippen molar-refractivity contribution in [2.45, 2.75) is 18.6 Å². The first-order valence-corrected chi connectivity index (χ1v) is 6.50. The summed E-state index contributed by atoms with van der Waals surface area (Å²) in [6.07, 6.45) is -4.08. The third kappa shape index (κ3) is 3.21. The van der Waals surface area contributed by atoms with Crippen molar-refractivity contribution in [2.75, 3.05) is 6.61 Å². The monoisotopic (exact) mass is 281 g/mol. The maximum atomic E-state index is 12.3. The molecule has 1 fully saturated rings. The van der Waals surface area contributed by atoms with E-state index in [0.717, 1.165) is 12.1 Å². The topological polar surface area (TPSA) is 55.4 Å². The van der Waals surface area contributed by atoms with E-state index < -0.39 is 28.1 Å². The molecule has 0 aromatic heterocycles. The van der Waals surface area contributed by atoms with Gasteiger partial charge in [0.05, 0.1) is 18.2 Å². The summed E-state index contributed by atoms with van der Waals surface area (Å²) in [5.74, 6) is 0. The molecule has 100 valence electrons. The van der Waals surface area contributed by atoms with Gasteiger partial charge in [-0.1, -0.05) is 12.1 Å². The summed E-state index contributed by atoms with van der Waals surface area (Å²) in [6.45, 7) is -0.0106. The lowest BCUT2D eigenvalue weighted by atomic mass is 10.1. The Labute approximate surface area is 102 Å². The fourth-order valence-corrected chi connectivity index (χ4v) is 2.63. The number of hydrogen-bond acceptors (Lipinski definition) is 3. The third-order valence-corrected chi connectivity index (χ3v) is 3.57.